The molecular formula is C13H14N5O5S+. The van der Waals surface area contributed by atoms with E-state index in [9.17, 15) is 20.0 Å². The molecule has 0 spiro atoms. The van der Waals surface area contributed by atoms with Gasteiger partial charge in [0.2, 0.25) is 5.75 Å². The summed E-state index contributed by atoms with van der Waals surface area (Å²) in [6, 6.07) is 2.45. The van der Waals surface area contributed by atoms with E-state index in [1.54, 1.807) is 6.92 Å². The van der Waals surface area contributed by atoms with Crippen LogP contribution in [0.15, 0.2) is 17.2 Å². The van der Waals surface area contributed by atoms with Crippen molar-refractivity contribution in [3.05, 3.63) is 38.4 Å². The number of ether oxygens (including phenoxy) is 1. The Hall–Kier alpha value is -3.21. The van der Waals surface area contributed by atoms with Crippen LogP contribution in [0.3, 0.4) is 0 Å². The molecule has 1 aromatic heterocycles. The van der Waals surface area contributed by atoms with Gasteiger partial charge in [0.05, 0.1) is 18.2 Å². The second kappa shape index (κ2) is 6.91. The van der Waals surface area contributed by atoms with E-state index in [4.69, 9.17) is 10.5 Å². The van der Waals surface area contributed by atoms with E-state index >= 15 is 0 Å². The van der Waals surface area contributed by atoms with Gasteiger partial charge >= 0.3 is 10.8 Å². The van der Waals surface area contributed by atoms with Crippen molar-refractivity contribution in [3.63, 3.8) is 0 Å². The molecule has 0 saturated heterocycles. The second-order valence-corrected chi connectivity index (χ2v) is 5.64. The third-order valence-corrected chi connectivity index (χ3v) is 3.96. The summed E-state index contributed by atoms with van der Waals surface area (Å²) in [5, 5.41) is 24.7. The van der Waals surface area contributed by atoms with Crippen LogP contribution in [0.25, 0.3) is 0 Å². The van der Waals surface area contributed by atoms with Gasteiger partial charge in [-0.15, -0.1) is 0 Å². The number of anilines is 1. The molecule has 1 amide bonds. The first kappa shape index (κ1) is 17.1. The van der Waals surface area contributed by atoms with Gasteiger partial charge in [-0.3, -0.25) is 20.6 Å². The van der Waals surface area contributed by atoms with Crippen molar-refractivity contribution < 1.29 is 24.5 Å². The first-order valence-corrected chi connectivity index (χ1v) is 7.32. The number of nitrogens with zero attached hydrogens (tertiary/aromatic N) is 2. The number of aryl methyl sites for hydroxylation is 1. The number of carbonyl (C=O) groups is 1. The van der Waals surface area contributed by atoms with Gasteiger partial charge in [-0.1, -0.05) is 0 Å². The van der Waals surface area contributed by atoms with E-state index in [2.05, 4.69) is 15.5 Å². The summed E-state index contributed by atoms with van der Waals surface area (Å²) in [6.07, 6.45) is 1.20. The number of carbonyl (C=O) groups excluding carboxylic acids is 1. The van der Waals surface area contributed by atoms with Crippen molar-refractivity contribution >= 4 is 34.3 Å². The number of thiazole rings is 1. The van der Waals surface area contributed by atoms with E-state index in [-0.39, 0.29) is 11.3 Å². The Morgan fingerprint density at radius 2 is 2.29 bits per heavy atom. The molecule has 1 heterocycles. The first-order chi connectivity index (χ1) is 11.3. The number of H-pyrrole nitrogens is 1. The highest BCUT2D eigenvalue weighted by molar-refractivity contribution is 7.16. The number of hydrazone groups is 1. The SMILES string of the molecule is COc1cc(/C=N/NC(=O)c2sc(N)[nH+]c2C)cc([N+](=O)[O-])c1O. The van der Waals surface area contributed by atoms with E-state index in [1.165, 1.54) is 19.4 Å². The molecule has 0 fully saturated rings. The average molecular weight is 352 g/mol. The zero-order valence-electron chi connectivity index (χ0n) is 12.7. The number of methoxy groups -OCH3 is 1. The standard InChI is InChI=1S/C13H13N5O5S/c1-6-11(24-13(14)16-6)12(20)17-15-5-7-3-8(18(21)22)10(19)9(4-7)23-2/h3-5,19H,1-2H3,(H2,14,16)(H,17,20)/p+1/b15-5+. The van der Waals surface area contributed by atoms with Gasteiger partial charge in [0, 0.05) is 11.6 Å². The summed E-state index contributed by atoms with van der Waals surface area (Å²) in [5.74, 6) is -1.13. The van der Waals surface area contributed by atoms with Crippen LogP contribution in [0.4, 0.5) is 10.8 Å². The van der Waals surface area contributed by atoms with Gasteiger partial charge < -0.3 is 9.84 Å². The van der Waals surface area contributed by atoms with Crippen LogP contribution in [0.2, 0.25) is 0 Å². The van der Waals surface area contributed by atoms with Crippen molar-refractivity contribution in [3.8, 4) is 11.5 Å². The van der Waals surface area contributed by atoms with Gasteiger partial charge in [0.15, 0.2) is 5.75 Å². The van der Waals surface area contributed by atoms with Crippen LogP contribution in [0.1, 0.15) is 20.9 Å². The molecule has 24 heavy (non-hydrogen) atoms. The summed E-state index contributed by atoms with van der Waals surface area (Å²) in [4.78, 5) is 25.3. The number of nitrogens with two attached hydrogens (primary N) is 1. The number of nitro groups is 1. The lowest BCUT2D eigenvalue weighted by atomic mass is 10.2. The van der Waals surface area contributed by atoms with Gasteiger partial charge in [0.1, 0.15) is 10.6 Å². The number of amides is 1. The van der Waals surface area contributed by atoms with E-state index in [1.807, 2.05) is 0 Å². The van der Waals surface area contributed by atoms with Gasteiger partial charge in [-0.05, 0) is 24.3 Å². The average Bonchev–Trinajstić information content (AvgIpc) is 2.86. The monoisotopic (exact) mass is 352 g/mol. The number of benzene rings is 1. The molecule has 0 unspecified atom stereocenters. The molecule has 126 valence electrons. The molecule has 0 atom stereocenters. The van der Waals surface area contributed by atoms with Crippen LogP contribution in [0.5, 0.6) is 11.5 Å². The number of aromatic amines is 1. The molecule has 2 aromatic rings. The molecule has 1 aromatic carbocycles. The lowest BCUT2D eigenvalue weighted by molar-refractivity contribution is -0.386. The van der Waals surface area contributed by atoms with Crippen LogP contribution in [-0.2, 0) is 0 Å². The minimum atomic E-state index is -0.749. The molecule has 0 aliphatic rings. The molecule has 0 saturated carbocycles. The number of nitrogen functional groups attached to an aromatic ring is 1. The summed E-state index contributed by atoms with van der Waals surface area (Å²) in [5.41, 5.74) is 8.21. The maximum absolute atomic E-state index is 12.0. The minimum Gasteiger partial charge on any atom is -0.500 e. The number of phenolic OH excluding ortho intramolecular Hbond substituents is 1. The molecular weight excluding hydrogens is 338 g/mol. The zero-order chi connectivity index (χ0) is 17.9. The summed E-state index contributed by atoms with van der Waals surface area (Å²) in [6.45, 7) is 1.69. The van der Waals surface area contributed by atoms with Crippen molar-refractivity contribution in [2.75, 3.05) is 12.8 Å². The second-order valence-electron chi connectivity index (χ2n) is 4.59. The predicted octanol–water partition coefficient (Wildman–Crippen LogP) is 0.839. The van der Waals surface area contributed by atoms with Crippen LogP contribution < -0.4 is 20.9 Å². The number of rotatable bonds is 5. The third-order valence-electron chi connectivity index (χ3n) is 2.94. The van der Waals surface area contributed by atoms with Crippen molar-refractivity contribution in [2.24, 2.45) is 5.10 Å². The Balaban J connectivity index is 2.20. The Bertz CT molecular complexity index is 832. The van der Waals surface area contributed by atoms with E-state index in [0.29, 0.717) is 15.7 Å². The largest absolute Gasteiger partial charge is 0.500 e. The van der Waals surface area contributed by atoms with E-state index < -0.39 is 22.3 Å². The Kier molecular flexibility index (Phi) is 4.94. The number of aromatic nitrogens is 1. The molecule has 2 rings (SSSR count). The normalized spacial score (nSPS) is 10.8. The third kappa shape index (κ3) is 3.57. The molecule has 0 bridgehead atoms. The molecule has 0 aliphatic heterocycles. The molecule has 10 nitrogen and oxygen atoms in total. The van der Waals surface area contributed by atoms with E-state index in [0.717, 1.165) is 17.4 Å². The number of aromatic hydroxyl groups is 1. The summed E-state index contributed by atoms with van der Waals surface area (Å²) >= 11 is 1.08. The van der Waals surface area contributed by atoms with Crippen molar-refractivity contribution in [1.82, 2.24) is 5.43 Å². The van der Waals surface area contributed by atoms with Gasteiger partial charge in [-0.25, -0.2) is 10.4 Å². The number of nitrogens with one attached hydrogen (secondary N) is 2. The van der Waals surface area contributed by atoms with Crippen LogP contribution in [-0.4, -0.2) is 29.3 Å². The molecule has 5 N–H and O–H groups in total. The highest BCUT2D eigenvalue weighted by Gasteiger charge is 2.20. The maximum atomic E-state index is 12.0. The van der Waals surface area contributed by atoms with Crippen molar-refractivity contribution in [1.29, 1.82) is 0 Å². The number of nitro benzene ring substituents is 1. The Morgan fingerprint density at radius 3 is 2.83 bits per heavy atom. The fourth-order valence-corrected chi connectivity index (χ4v) is 2.64. The smallest absolute Gasteiger partial charge is 0.330 e. The summed E-state index contributed by atoms with van der Waals surface area (Å²) in [7, 11) is 1.27. The van der Waals surface area contributed by atoms with Crippen LogP contribution in [0, 0.1) is 17.0 Å². The van der Waals surface area contributed by atoms with Crippen LogP contribution >= 0.6 is 11.3 Å². The number of hydrogen-bond acceptors (Lipinski definition) is 8. The number of phenols is 1. The quantitative estimate of drug-likeness (QED) is 0.411. The van der Waals surface area contributed by atoms with Crippen molar-refractivity contribution in [2.45, 2.75) is 6.92 Å². The fraction of sp³-hybridized carbons (Fsp3) is 0.154. The first-order valence-electron chi connectivity index (χ1n) is 6.50. The summed E-state index contributed by atoms with van der Waals surface area (Å²) < 4.78 is 4.87. The molecule has 11 heteroatoms. The molecule has 0 radical (unpaired) electrons. The fourth-order valence-electron chi connectivity index (χ4n) is 1.87. The predicted molar refractivity (Wildman–Crippen MR) is 86.4 cm³/mol. The topological polar surface area (TPSA) is 154 Å². The van der Waals surface area contributed by atoms with Gasteiger partial charge in [-0.2, -0.15) is 5.10 Å². The Morgan fingerprint density at radius 1 is 1.58 bits per heavy atom. The Labute approximate surface area is 139 Å². The highest BCUT2D eigenvalue weighted by atomic mass is 32.1. The van der Waals surface area contributed by atoms with Gasteiger partial charge in [0.25, 0.3) is 5.91 Å². The lowest BCUT2D eigenvalue weighted by Crippen LogP contribution is -2.19. The molecule has 0 aliphatic carbocycles. The maximum Gasteiger partial charge on any atom is 0.330 e. The minimum absolute atomic E-state index is 0.0755. The number of hydrogen-bond donors (Lipinski definition) is 3. The highest BCUT2D eigenvalue weighted by Crippen LogP contribution is 2.36. The zero-order valence-corrected chi connectivity index (χ0v) is 13.5. The lowest BCUT2D eigenvalue weighted by Gasteiger charge is -2.05.